The van der Waals surface area contributed by atoms with Gasteiger partial charge in [-0.25, -0.2) is 0 Å². The Morgan fingerprint density at radius 1 is 1.06 bits per heavy atom. The van der Waals surface area contributed by atoms with Crippen molar-refractivity contribution in [3.63, 3.8) is 0 Å². The molecule has 0 radical (unpaired) electrons. The Morgan fingerprint density at radius 3 is 2.56 bits per heavy atom. The zero-order valence-electron chi connectivity index (χ0n) is 10.6. The molecule has 2 rings (SSSR count). The van der Waals surface area contributed by atoms with E-state index < -0.39 is 0 Å². The van der Waals surface area contributed by atoms with Crippen molar-refractivity contribution in [2.75, 3.05) is 5.73 Å². The SMILES string of the molecule is Cc1ccc(SCc2cc(N)ccc2O)cc1C. The van der Waals surface area contributed by atoms with Gasteiger partial charge in [0.2, 0.25) is 0 Å². The normalized spacial score (nSPS) is 10.6. The topological polar surface area (TPSA) is 46.2 Å². The number of nitrogen functional groups attached to an aromatic ring is 1. The number of aryl methyl sites for hydroxylation is 2. The summed E-state index contributed by atoms with van der Waals surface area (Å²) in [5, 5.41) is 9.74. The van der Waals surface area contributed by atoms with E-state index in [1.165, 1.54) is 16.0 Å². The summed E-state index contributed by atoms with van der Waals surface area (Å²) >= 11 is 1.70. The zero-order chi connectivity index (χ0) is 13.1. The molecule has 2 nitrogen and oxygen atoms in total. The standard InChI is InChI=1S/C15H17NOS/c1-10-3-5-14(7-11(10)2)18-9-12-8-13(16)4-6-15(12)17/h3-8,17H,9,16H2,1-2H3. The van der Waals surface area contributed by atoms with Crippen molar-refractivity contribution in [3.8, 4) is 5.75 Å². The van der Waals surface area contributed by atoms with Crippen LogP contribution in [0.1, 0.15) is 16.7 Å². The third-order valence-corrected chi connectivity index (χ3v) is 4.02. The zero-order valence-corrected chi connectivity index (χ0v) is 11.4. The van der Waals surface area contributed by atoms with Crippen molar-refractivity contribution in [1.82, 2.24) is 0 Å². The van der Waals surface area contributed by atoms with Crippen LogP contribution >= 0.6 is 11.8 Å². The molecule has 3 N–H and O–H groups in total. The Balaban J connectivity index is 2.11. The van der Waals surface area contributed by atoms with Gasteiger partial charge in [-0.1, -0.05) is 6.07 Å². The van der Waals surface area contributed by atoms with E-state index in [0.29, 0.717) is 11.4 Å². The molecule has 2 aromatic carbocycles. The highest BCUT2D eigenvalue weighted by Gasteiger charge is 2.03. The van der Waals surface area contributed by atoms with Gasteiger partial charge in [0.15, 0.2) is 0 Å². The van der Waals surface area contributed by atoms with Gasteiger partial charge < -0.3 is 10.8 Å². The lowest BCUT2D eigenvalue weighted by Gasteiger charge is -2.07. The molecular weight excluding hydrogens is 242 g/mol. The first-order valence-corrected chi connectivity index (χ1v) is 6.82. The van der Waals surface area contributed by atoms with Crippen LogP contribution in [0.2, 0.25) is 0 Å². The minimum atomic E-state index is 0.306. The fourth-order valence-electron chi connectivity index (χ4n) is 1.69. The molecule has 0 heterocycles. The van der Waals surface area contributed by atoms with E-state index in [0.717, 1.165) is 11.3 Å². The second kappa shape index (κ2) is 5.36. The first kappa shape index (κ1) is 12.8. The number of aromatic hydroxyl groups is 1. The van der Waals surface area contributed by atoms with Gasteiger partial charge in [0, 0.05) is 21.9 Å². The van der Waals surface area contributed by atoms with Crippen LogP contribution in [0.15, 0.2) is 41.3 Å². The second-order valence-corrected chi connectivity index (χ2v) is 5.47. The van der Waals surface area contributed by atoms with Crippen molar-refractivity contribution in [2.45, 2.75) is 24.5 Å². The van der Waals surface area contributed by atoms with E-state index in [4.69, 9.17) is 5.73 Å². The summed E-state index contributed by atoms with van der Waals surface area (Å²) in [5.74, 6) is 1.03. The van der Waals surface area contributed by atoms with Crippen molar-refractivity contribution in [3.05, 3.63) is 53.1 Å². The Bertz CT molecular complexity index is 566. The van der Waals surface area contributed by atoms with E-state index in [-0.39, 0.29) is 0 Å². The lowest BCUT2D eigenvalue weighted by atomic mass is 10.1. The van der Waals surface area contributed by atoms with Crippen LogP contribution in [-0.4, -0.2) is 5.11 Å². The number of phenols is 1. The molecule has 3 heteroatoms. The van der Waals surface area contributed by atoms with Gasteiger partial charge in [-0.2, -0.15) is 0 Å². The lowest BCUT2D eigenvalue weighted by molar-refractivity contribution is 0.471. The summed E-state index contributed by atoms with van der Waals surface area (Å²) in [4.78, 5) is 1.21. The highest BCUT2D eigenvalue weighted by Crippen LogP contribution is 2.29. The number of rotatable bonds is 3. The van der Waals surface area contributed by atoms with Gasteiger partial charge in [0.25, 0.3) is 0 Å². The summed E-state index contributed by atoms with van der Waals surface area (Å²) in [7, 11) is 0. The summed E-state index contributed by atoms with van der Waals surface area (Å²) in [6, 6.07) is 11.6. The molecule has 0 aliphatic carbocycles. The van der Waals surface area contributed by atoms with E-state index in [1.54, 1.807) is 23.9 Å². The van der Waals surface area contributed by atoms with Crippen molar-refractivity contribution in [1.29, 1.82) is 0 Å². The predicted octanol–water partition coefficient (Wildman–Crippen LogP) is 3.88. The van der Waals surface area contributed by atoms with Crippen LogP contribution in [0.25, 0.3) is 0 Å². The van der Waals surface area contributed by atoms with Crippen LogP contribution in [0.3, 0.4) is 0 Å². The van der Waals surface area contributed by atoms with Crippen LogP contribution in [0.4, 0.5) is 5.69 Å². The molecule has 0 atom stereocenters. The van der Waals surface area contributed by atoms with Gasteiger partial charge in [-0.15, -0.1) is 11.8 Å². The molecule has 0 unspecified atom stereocenters. The van der Waals surface area contributed by atoms with E-state index in [1.807, 2.05) is 6.07 Å². The number of benzene rings is 2. The first-order valence-electron chi connectivity index (χ1n) is 5.83. The molecule has 94 valence electrons. The quantitative estimate of drug-likeness (QED) is 0.499. The molecule has 0 aliphatic heterocycles. The molecule has 0 saturated heterocycles. The molecule has 0 aliphatic rings. The van der Waals surface area contributed by atoms with Crippen LogP contribution in [0.5, 0.6) is 5.75 Å². The molecule has 0 spiro atoms. The summed E-state index contributed by atoms with van der Waals surface area (Å²) in [6.07, 6.45) is 0. The number of nitrogens with two attached hydrogens (primary N) is 1. The summed E-state index contributed by atoms with van der Waals surface area (Å²) in [5.41, 5.74) is 9.86. The number of hydrogen-bond acceptors (Lipinski definition) is 3. The fourth-order valence-corrected chi connectivity index (χ4v) is 2.66. The monoisotopic (exact) mass is 259 g/mol. The van der Waals surface area contributed by atoms with Crippen molar-refractivity contribution >= 4 is 17.4 Å². The molecule has 0 aromatic heterocycles. The maximum Gasteiger partial charge on any atom is 0.119 e. The van der Waals surface area contributed by atoms with Crippen LogP contribution in [0, 0.1) is 13.8 Å². The fraction of sp³-hybridized carbons (Fsp3) is 0.200. The van der Waals surface area contributed by atoms with Gasteiger partial charge in [-0.3, -0.25) is 0 Å². The van der Waals surface area contributed by atoms with E-state index in [9.17, 15) is 5.11 Å². The van der Waals surface area contributed by atoms with Gasteiger partial charge in [0.05, 0.1) is 0 Å². The lowest BCUT2D eigenvalue weighted by Crippen LogP contribution is -1.88. The largest absolute Gasteiger partial charge is 0.508 e. The predicted molar refractivity (Wildman–Crippen MR) is 78.0 cm³/mol. The van der Waals surface area contributed by atoms with E-state index >= 15 is 0 Å². The molecule has 18 heavy (non-hydrogen) atoms. The molecule has 0 bridgehead atoms. The minimum absolute atomic E-state index is 0.306. The van der Waals surface area contributed by atoms with Crippen LogP contribution in [-0.2, 0) is 5.75 Å². The smallest absolute Gasteiger partial charge is 0.119 e. The van der Waals surface area contributed by atoms with Crippen LogP contribution < -0.4 is 5.73 Å². The highest BCUT2D eigenvalue weighted by atomic mass is 32.2. The molecule has 0 saturated carbocycles. The number of phenolic OH excluding ortho intramolecular Hbond substituents is 1. The number of anilines is 1. The van der Waals surface area contributed by atoms with E-state index in [2.05, 4.69) is 32.0 Å². The first-order chi connectivity index (χ1) is 8.56. The summed E-state index contributed by atoms with van der Waals surface area (Å²) < 4.78 is 0. The third-order valence-electron chi connectivity index (χ3n) is 2.98. The van der Waals surface area contributed by atoms with Crippen molar-refractivity contribution < 1.29 is 5.11 Å². The Morgan fingerprint density at radius 2 is 1.83 bits per heavy atom. The maximum atomic E-state index is 9.74. The Hall–Kier alpha value is -1.61. The molecule has 0 fully saturated rings. The minimum Gasteiger partial charge on any atom is -0.508 e. The Kier molecular flexibility index (Phi) is 3.82. The average Bonchev–Trinajstić information content (AvgIpc) is 2.34. The van der Waals surface area contributed by atoms with Gasteiger partial charge >= 0.3 is 0 Å². The van der Waals surface area contributed by atoms with Crippen molar-refractivity contribution in [2.24, 2.45) is 0 Å². The Labute approximate surface area is 112 Å². The second-order valence-electron chi connectivity index (χ2n) is 4.42. The molecule has 0 amide bonds. The molecule has 2 aromatic rings. The maximum absolute atomic E-state index is 9.74. The number of hydrogen-bond donors (Lipinski definition) is 2. The summed E-state index contributed by atoms with van der Waals surface area (Å²) in [6.45, 7) is 4.21. The number of thioether (sulfide) groups is 1. The van der Waals surface area contributed by atoms with Gasteiger partial charge in [-0.05, 0) is 55.3 Å². The highest BCUT2D eigenvalue weighted by molar-refractivity contribution is 7.98. The van der Waals surface area contributed by atoms with Gasteiger partial charge in [0.1, 0.15) is 5.75 Å². The molecular formula is C15H17NOS. The third kappa shape index (κ3) is 2.99. The average molecular weight is 259 g/mol.